The highest BCUT2D eigenvalue weighted by atomic mass is 32.2. The molecule has 0 aromatic heterocycles. The molecule has 9 heteroatoms. The van der Waals surface area contributed by atoms with E-state index in [1.165, 1.54) is 0 Å². The van der Waals surface area contributed by atoms with Crippen molar-refractivity contribution in [2.75, 3.05) is 12.3 Å². The van der Waals surface area contributed by atoms with Crippen molar-refractivity contribution in [2.24, 2.45) is 10.9 Å². The van der Waals surface area contributed by atoms with Crippen LogP contribution in [0.2, 0.25) is 0 Å². The van der Waals surface area contributed by atoms with Crippen LogP contribution in [0.5, 0.6) is 0 Å². The molecule has 1 fully saturated rings. The smallest absolute Gasteiger partial charge is 0.316 e. The minimum absolute atomic E-state index is 0.0252. The van der Waals surface area contributed by atoms with Gasteiger partial charge in [0.25, 0.3) is 5.91 Å². The third kappa shape index (κ3) is 2.38. The average Bonchev–Trinajstić information content (AvgIpc) is 2.80. The summed E-state index contributed by atoms with van der Waals surface area (Å²) < 4.78 is 39.9. The van der Waals surface area contributed by atoms with E-state index in [1.807, 2.05) is 0 Å². The molecule has 0 radical (unpaired) electrons. The van der Waals surface area contributed by atoms with Crippen LogP contribution in [0.15, 0.2) is 4.99 Å². The molecule has 1 N–H and O–H groups in total. The van der Waals surface area contributed by atoms with Gasteiger partial charge in [0.2, 0.25) is 5.91 Å². The number of fused-ring (bicyclic) bond motifs is 1. The number of rotatable bonds is 3. The van der Waals surface area contributed by atoms with E-state index >= 15 is 0 Å². The summed E-state index contributed by atoms with van der Waals surface area (Å²) in [6.45, 7) is 3.59. The lowest BCUT2D eigenvalue weighted by atomic mass is 10.1. The van der Waals surface area contributed by atoms with Crippen molar-refractivity contribution in [3.05, 3.63) is 0 Å². The summed E-state index contributed by atoms with van der Waals surface area (Å²) >= 11 is 1.08. The van der Waals surface area contributed by atoms with Gasteiger partial charge in [-0.1, -0.05) is 25.6 Å². The van der Waals surface area contributed by atoms with Crippen LogP contribution >= 0.6 is 11.8 Å². The molecule has 5 nitrogen and oxygen atoms in total. The van der Waals surface area contributed by atoms with Crippen LogP contribution in [-0.2, 0) is 9.59 Å². The number of halogens is 3. The second kappa shape index (κ2) is 4.94. The fourth-order valence-corrected chi connectivity index (χ4v) is 3.02. The Balaban J connectivity index is 2.32. The number of carbonyl (C=O) groups is 2. The molecule has 0 aromatic rings. The number of amidine groups is 1. The van der Waals surface area contributed by atoms with Crippen LogP contribution in [0.4, 0.5) is 13.2 Å². The van der Waals surface area contributed by atoms with E-state index in [2.05, 4.69) is 4.99 Å². The Morgan fingerprint density at radius 1 is 1.55 bits per heavy atom. The number of amides is 2. The molecule has 112 valence electrons. The zero-order valence-corrected chi connectivity index (χ0v) is 11.8. The van der Waals surface area contributed by atoms with Crippen LogP contribution in [0.1, 0.15) is 20.3 Å². The third-order valence-electron chi connectivity index (χ3n) is 2.92. The van der Waals surface area contributed by atoms with E-state index < -0.39 is 23.7 Å². The number of carbonyl (C=O) groups excluding carboxylic acids is 2. The molecule has 0 spiro atoms. The molecule has 0 bridgehead atoms. The van der Waals surface area contributed by atoms with Crippen molar-refractivity contribution in [3.8, 4) is 0 Å². The predicted molar refractivity (Wildman–Crippen MR) is 68.0 cm³/mol. The first-order chi connectivity index (χ1) is 9.17. The monoisotopic (exact) mass is 309 g/mol. The number of nitrogens with zero attached hydrogens (tertiary/aromatic N) is 2. The maximum atomic E-state index is 13.3. The van der Waals surface area contributed by atoms with Crippen molar-refractivity contribution in [3.63, 3.8) is 0 Å². The van der Waals surface area contributed by atoms with Crippen molar-refractivity contribution in [2.45, 2.75) is 32.1 Å². The van der Waals surface area contributed by atoms with Gasteiger partial charge >= 0.3 is 11.8 Å². The number of hydrogen-bond acceptors (Lipinski definition) is 4. The molecule has 1 saturated heterocycles. The van der Waals surface area contributed by atoms with Crippen LogP contribution in [0, 0.1) is 5.92 Å². The van der Waals surface area contributed by atoms with Gasteiger partial charge in [0.15, 0.2) is 5.17 Å². The van der Waals surface area contributed by atoms with E-state index in [0.717, 1.165) is 16.7 Å². The second-order valence-electron chi connectivity index (χ2n) is 5.05. The van der Waals surface area contributed by atoms with Gasteiger partial charge in [-0.3, -0.25) is 14.5 Å². The highest BCUT2D eigenvalue weighted by Gasteiger charge is 2.67. The molecular weight excluding hydrogens is 295 g/mol. The molecule has 2 heterocycles. The van der Waals surface area contributed by atoms with E-state index in [4.69, 9.17) is 0 Å². The van der Waals surface area contributed by atoms with Gasteiger partial charge in [-0.25, -0.2) is 4.99 Å². The minimum atomic E-state index is -4.96. The van der Waals surface area contributed by atoms with Crippen LogP contribution in [0.3, 0.4) is 0 Å². The molecular formula is C11H14F3N3O2S. The Hall–Kier alpha value is -1.25. The van der Waals surface area contributed by atoms with E-state index in [-0.39, 0.29) is 24.1 Å². The van der Waals surface area contributed by atoms with Crippen LogP contribution in [0.25, 0.3) is 0 Å². The normalized spacial score (nSPS) is 26.0. The number of aliphatic imine (C=N–C) groups is 1. The first kappa shape index (κ1) is 15.1. The average molecular weight is 309 g/mol. The fourth-order valence-electron chi connectivity index (χ4n) is 2.03. The molecule has 2 aliphatic heterocycles. The summed E-state index contributed by atoms with van der Waals surface area (Å²) in [6.07, 6.45) is -5.06. The van der Waals surface area contributed by atoms with Gasteiger partial charge in [0.05, 0.1) is 0 Å². The summed E-state index contributed by atoms with van der Waals surface area (Å²) in [5.74, 6) is -1.65. The largest absolute Gasteiger partial charge is 0.442 e. The third-order valence-corrected chi connectivity index (χ3v) is 3.88. The molecule has 1 atom stereocenters. The van der Waals surface area contributed by atoms with Gasteiger partial charge in [-0.2, -0.15) is 13.2 Å². The number of hydrogen-bond donors (Lipinski definition) is 1. The zero-order chi connectivity index (χ0) is 15.1. The van der Waals surface area contributed by atoms with E-state index in [0.29, 0.717) is 5.75 Å². The Labute approximate surface area is 118 Å². The number of alkyl halides is 3. The van der Waals surface area contributed by atoms with Crippen molar-refractivity contribution < 1.29 is 22.8 Å². The highest BCUT2D eigenvalue weighted by molar-refractivity contribution is 8.14. The SMILES string of the molecule is CC(C)CC(=O)NC1(C(F)(F)F)N=C2SCCN2C1=O. The van der Waals surface area contributed by atoms with Crippen molar-refractivity contribution in [1.82, 2.24) is 10.2 Å². The first-order valence-corrected chi connectivity index (χ1v) is 7.08. The Bertz CT molecular complexity index is 478. The Kier molecular flexibility index (Phi) is 3.74. The number of nitrogens with one attached hydrogen (secondary N) is 1. The quantitative estimate of drug-likeness (QED) is 0.856. The number of thioether (sulfide) groups is 1. The molecule has 2 aliphatic rings. The summed E-state index contributed by atoms with van der Waals surface area (Å²) in [6, 6.07) is 0. The summed E-state index contributed by atoms with van der Waals surface area (Å²) in [5, 5.41) is 1.81. The van der Waals surface area contributed by atoms with Crippen LogP contribution in [-0.4, -0.2) is 46.0 Å². The van der Waals surface area contributed by atoms with Crippen molar-refractivity contribution >= 4 is 28.7 Å². The van der Waals surface area contributed by atoms with Gasteiger partial charge in [0, 0.05) is 18.7 Å². The van der Waals surface area contributed by atoms with Gasteiger partial charge in [-0.05, 0) is 5.92 Å². The maximum Gasteiger partial charge on any atom is 0.442 e. The first-order valence-electron chi connectivity index (χ1n) is 6.10. The highest BCUT2D eigenvalue weighted by Crippen LogP contribution is 2.40. The zero-order valence-electron chi connectivity index (χ0n) is 11.0. The van der Waals surface area contributed by atoms with Crippen LogP contribution < -0.4 is 5.32 Å². The minimum Gasteiger partial charge on any atom is -0.316 e. The molecule has 0 aromatic carbocycles. The van der Waals surface area contributed by atoms with Gasteiger partial charge < -0.3 is 5.32 Å². The predicted octanol–water partition coefficient (Wildman–Crippen LogP) is 1.35. The van der Waals surface area contributed by atoms with Crippen molar-refractivity contribution in [1.29, 1.82) is 0 Å². The Morgan fingerprint density at radius 2 is 2.20 bits per heavy atom. The molecule has 0 aliphatic carbocycles. The standard InChI is InChI=1S/C11H14F3N3O2S/c1-6(2)5-7(18)15-10(11(12,13)14)8(19)17-3-4-20-9(17)16-10/h6H,3-5H2,1-2H3,(H,15,18). The fraction of sp³-hybridized carbons (Fsp3) is 0.727. The topological polar surface area (TPSA) is 61.8 Å². The van der Waals surface area contributed by atoms with E-state index in [1.54, 1.807) is 19.2 Å². The lowest BCUT2D eigenvalue weighted by Crippen LogP contribution is -2.63. The molecule has 1 unspecified atom stereocenters. The summed E-state index contributed by atoms with van der Waals surface area (Å²) in [4.78, 5) is 28.2. The lowest BCUT2D eigenvalue weighted by Gasteiger charge is -2.28. The Morgan fingerprint density at radius 3 is 2.70 bits per heavy atom. The molecule has 20 heavy (non-hydrogen) atoms. The lowest BCUT2D eigenvalue weighted by molar-refractivity contribution is -0.200. The molecule has 2 amide bonds. The van der Waals surface area contributed by atoms with Gasteiger partial charge in [-0.15, -0.1) is 0 Å². The molecule has 2 rings (SSSR count). The van der Waals surface area contributed by atoms with Gasteiger partial charge in [0.1, 0.15) is 0 Å². The second-order valence-corrected chi connectivity index (χ2v) is 6.12. The summed E-state index contributed by atoms with van der Waals surface area (Å²) in [7, 11) is 0. The maximum absolute atomic E-state index is 13.3. The van der Waals surface area contributed by atoms with E-state index in [9.17, 15) is 22.8 Å². The summed E-state index contributed by atoms with van der Waals surface area (Å²) in [5.41, 5.74) is -3.15. The molecule has 0 saturated carbocycles.